The molecule has 0 aromatic heterocycles. The van der Waals surface area contributed by atoms with Crippen molar-refractivity contribution in [2.75, 3.05) is 40.5 Å². The number of phenolic OH excluding ortho intramolecular Hbond substituents is 1. The van der Waals surface area contributed by atoms with E-state index >= 15 is 0 Å². The monoisotopic (exact) mass is 1000 g/mol. The maximum absolute atomic E-state index is 12.5. The standard InChI is InChI=1S/C61H81N3O9/c1-6-36-24-39-13-12-38(36)25-45(66)32-61(19-7-10-44(61)18-22-69-4)34-64-60(62)63-20-17-46-41(33-65)14-11-37-9-8-21-71-52-16-15-40(29-54(52)73-58(37)46)59-51(68)30-49-53(72-59)31-55(70-5)57-48-27-43(23-35(2)3)50(67)28-42(48)26-47(39)56(49)57/h12-13,15-16,27-29,31,35-39,41,44-47,51,58-59,65-68H,6-7,9-11,14,17-20,22-26,30,32-34H2,1-5H3,(H3,62,63,64). The Balaban J connectivity index is 1.09. The number of fused-ring (bicyclic) bond motifs is 2. The van der Waals surface area contributed by atoms with E-state index in [4.69, 9.17) is 34.4 Å². The summed E-state index contributed by atoms with van der Waals surface area (Å²) in [7, 11) is 3.49. The predicted octanol–water partition coefficient (Wildman–Crippen LogP) is 9.56. The number of nitrogens with two attached hydrogens (primary N) is 1. The van der Waals surface area contributed by atoms with Crippen LogP contribution in [0.4, 0.5) is 0 Å². The third-order valence-electron chi connectivity index (χ3n) is 18.6. The van der Waals surface area contributed by atoms with Gasteiger partial charge in [-0.3, -0.25) is 4.99 Å². The summed E-state index contributed by atoms with van der Waals surface area (Å²) in [6.45, 7) is 8.43. The first-order valence-corrected chi connectivity index (χ1v) is 27.8. The van der Waals surface area contributed by atoms with Crippen molar-refractivity contribution in [1.29, 1.82) is 0 Å². The summed E-state index contributed by atoms with van der Waals surface area (Å²) in [5, 5.41) is 50.6. The molecule has 394 valence electrons. The fourth-order valence-corrected chi connectivity index (χ4v) is 14.9. The summed E-state index contributed by atoms with van der Waals surface area (Å²) >= 11 is 0. The van der Waals surface area contributed by atoms with E-state index in [0.29, 0.717) is 111 Å². The molecule has 13 unspecified atom stereocenters. The summed E-state index contributed by atoms with van der Waals surface area (Å²) in [4.78, 5) is 5.07. The highest BCUT2D eigenvalue weighted by Crippen LogP contribution is 2.57. The van der Waals surface area contributed by atoms with E-state index in [1.54, 1.807) is 14.2 Å². The highest BCUT2D eigenvalue weighted by Gasteiger charge is 2.47. The Morgan fingerprint density at radius 3 is 2.60 bits per heavy atom. The molecule has 10 aliphatic rings. The number of benzene rings is 3. The number of allylic oxidation sites excluding steroid dienone is 2. The van der Waals surface area contributed by atoms with Gasteiger partial charge >= 0.3 is 0 Å². The third-order valence-corrected chi connectivity index (χ3v) is 18.6. The van der Waals surface area contributed by atoms with E-state index in [1.165, 1.54) is 0 Å². The molecule has 4 aliphatic carbocycles. The second-order valence-electron chi connectivity index (χ2n) is 23.4. The second-order valence-corrected chi connectivity index (χ2v) is 23.4. The van der Waals surface area contributed by atoms with E-state index in [0.717, 1.165) is 96.7 Å². The maximum atomic E-state index is 12.5. The average Bonchev–Trinajstić information content (AvgIpc) is 3.80. The smallest absolute Gasteiger partial charge is 0.188 e. The normalized spacial score (nSPS) is 32.7. The Morgan fingerprint density at radius 1 is 0.959 bits per heavy atom. The number of nitrogens with one attached hydrogen (secondary N) is 1. The molecule has 2 fully saturated rings. The molecule has 12 heteroatoms. The molecule has 1 spiro atoms. The zero-order valence-corrected chi connectivity index (χ0v) is 43.9. The van der Waals surface area contributed by atoms with Gasteiger partial charge in [-0.05, 0) is 170 Å². The van der Waals surface area contributed by atoms with Crippen LogP contribution in [0.1, 0.15) is 138 Å². The van der Waals surface area contributed by atoms with Gasteiger partial charge in [0.1, 0.15) is 35.6 Å². The molecule has 0 saturated heterocycles. The van der Waals surface area contributed by atoms with Gasteiger partial charge in [0.25, 0.3) is 0 Å². The van der Waals surface area contributed by atoms with Crippen LogP contribution in [0.25, 0.3) is 11.1 Å². The van der Waals surface area contributed by atoms with E-state index in [-0.39, 0.29) is 53.6 Å². The number of hydrogen-bond donors (Lipinski definition) is 6. The lowest BCUT2D eigenvalue weighted by molar-refractivity contribution is -0.0162. The van der Waals surface area contributed by atoms with Gasteiger partial charge in [-0.1, -0.05) is 57.8 Å². The predicted molar refractivity (Wildman–Crippen MR) is 284 cm³/mol. The minimum absolute atomic E-state index is 0.00941. The summed E-state index contributed by atoms with van der Waals surface area (Å²) in [6, 6.07) is 11.9. The summed E-state index contributed by atoms with van der Waals surface area (Å²) < 4.78 is 32.3. The van der Waals surface area contributed by atoms with Gasteiger partial charge in [-0.15, -0.1) is 0 Å². The number of hydrogen-bond acceptors (Lipinski definition) is 12. The summed E-state index contributed by atoms with van der Waals surface area (Å²) in [5.41, 5.74) is 13.5. The Hall–Kier alpha value is -4.93. The molecular weight excluding hydrogens is 919 g/mol. The molecule has 7 N–H and O–H groups in total. The second kappa shape index (κ2) is 22.1. The molecule has 12 nitrogen and oxygen atoms in total. The van der Waals surface area contributed by atoms with Crippen molar-refractivity contribution in [2.45, 2.75) is 147 Å². The minimum Gasteiger partial charge on any atom is -0.508 e. The van der Waals surface area contributed by atoms with Crippen molar-refractivity contribution >= 4 is 5.96 Å². The van der Waals surface area contributed by atoms with Gasteiger partial charge in [0, 0.05) is 75.3 Å². The lowest BCUT2D eigenvalue weighted by atomic mass is 9.64. The zero-order chi connectivity index (χ0) is 51.0. The maximum Gasteiger partial charge on any atom is 0.188 e. The van der Waals surface area contributed by atoms with Gasteiger partial charge < -0.3 is 55.2 Å². The molecule has 6 aliphatic heterocycles. The van der Waals surface area contributed by atoms with Crippen LogP contribution in [-0.2, 0) is 24.0 Å². The van der Waals surface area contributed by atoms with E-state index < -0.39 is 18.3 Å². The number of guanidine groups is 1. The van der Waals surface area contributed by atoms with Gasteiger partial charge in [-0.25, -0.2) is 0 Å². The molecule has 6 heterocycles. The van der Waals surface area contributed by atoms with E-state index in [2.05, 4.69) is 56.3 Å². The Bertz CT molecular complexity index is 2580. The van der Waals surface area contributed by atoms with Gasteiger partial charge in [0.15, 0.2) is 17.5 Å². The van der Waals surface area contributed by atoms with Crippen LogP contribution < -0.4 is 30.0 Å². The highest BCUT2D eigenvalue weighted by atomic mass is 16.5. The molecule has 13 atom stereocenters. The fourth-order valence-electron chi connectivity index (χ4n) is 14.9. The van der Waals surface area contributed by atoms with Crippen LogP contribution >= 0.6 is 0 Å². The van der Waals surface area contributed by atoms with Crippen LogP contribution in [0.15, 0.2) is 53.5 Å². The molecule has 73 heavy (non-hydrogen) atoms. The van der Waals surface area contributed by atoms with E-state index in [1.807, 2.05) is 30.3 Å². The number of aromatic hydroxyl groups is 1. The van der Waals surface area contributed by atoms with Crippen molar-refractivity contribution in [2.24, 2.45) is 63.5 Å². The largest absolute Gasteiger partial charge is 0.508 e. The third kappa shape index (κ3) is 10.4. The summed E-state index contributed by atoms with van der Waals surface area (Å²) in [5.74, 6) is 7.94. The summed E-state index contributed by atoms with van der Waals surface area (Å²) in [6.07, 6.45) is 17.5. The van der Waals surface area contributed by atoms with Crippen LogP contribution in [0, 0.1) is 64.8 Å². The number of nitrogens with zero attached hydrogens (tertiary/aromatic N) is 1. The first-order chi connectivity index (χ1) is 35.4. The zero-order valence-electron chi connectivity index (χ0n) is 43.9. The lowest BCUT2D eigenvalue weighted by Crippen LogP contribution is -2.46. The van der Waals surface area contributed by atoms with Gasteiger partial charge in [0.05, 0.1) is 19.3 Å². The van der Waals surface area contributed by atoms with Crippen LogP contribution in [-0.4, -0.2) is 85.2 Å². The lowest BCUT2D eigenvalue weighted by Gasteiger charge is -2.43. The molecule has 0 amide bonds. The topological polar surface area (TPSA) is 177 Å². The minimum atomic E-state index is -0.891. The van der Waals surface area contributed by atoms with Crippen molar-refractivity contribution in [3.63, 3.8) is 0 Å². The molecule has 13 rings (SSSR count). The number of ether oxygens (including phenoxy) is 5. The van der Waals surface area contributed by atoms with E-state index in [9.17, 15) is 20.4 Å². The number of methoxy groups -OCH3 is 2. The Morgan fingerprint density at radius 2 is 1.81 bits per heavy atom. The van der Waals surface area contributed by atoms with Gasteiger partial charge in [0.2, 0.25) is 0 Å². The first kappa shape index (κ1) is 51.6. The van der Waals surface area contributed by atoms with Crippen LogP contribution in [0.5, 0.6) is 28.7 Å². The average molecular weight is 1000 g/mol. The molecule has 3 aromatic rings. The number of rotatable bonds is 8. The Labute approximate surface area is 433 Å². The van der Waals surface area contributed by atoms with Crippen molar-refractivity contribution in [1.82, 2.24) is 5.32 Å². The number of aliphatic hydroxyl groups excluding tert-OH is 3. The molecule has 2 saturated carbocycles. The SMILES string of the molecule is CCC1CC2C=CC1CC(O)CC1(CCCC1CCOC)CN=C(N)NCCC1C(CO)CCC3CC#COc4ccc(cc4OC31)C1Oc3cc(OC)c4c(c3CC1O)C2Cc1cc(O)c(CC(C)C)cc1-4. The first-order valence-electron chi connectivity index (χ1n) is 27.8. The number of aliphatic imine (C=N–C) groups is 1. The fraction of sp³-hybridized carbons (Fsp3) is 0.623. The highest BCUT2D eigenvalue weighted by molar-refractivity contribution is 5.84. The van der Waals surface area contributed by atoms with Gasteiger partial charge in [-0.2, -0.15) is 0 Å². The quantitative estimate of drug-likeness (QED) is 0.0936. The number of phenols is 1. The molecule has 0 radical (unpaired) electrons. The van der Waals surface area contributed by atoms with Crippen LogP contribution in [0.3, 0.4) is 0 Å². The molecular formula is C61H81N3O9. The van der Waals surface area contributed by atoms with Crippen molar-refractivity contribution in [3.05, 3.63) is 76.4 Å². The molecule has 9 bridgehead atoms. The number of aliphatic hydroxyl groups is 3. The van der Waals surface area contributed by atoms with Crippen LogP contribution in [0.2, 0.25) is 0 Å². The Kier molecular flexibility index (Phi) is 15.6. The van der Waals surface area contributed by atoms with Crippen molar-refractivity contribution < 1.29 is 44.1 Å². The van der Waals surface area contributed by atoms with Crippen molar-refractivity contribution in [3.8, 4) is 51.9 Å². The molecule has 3 aromatic carbocycles.